The van der Waals surface area contributed by atoms with Crippen LogP contribution in [-0.4, -0.2) is 16.1 Å². The number of hydrogen-bond donors (Lipinski definition) is 1. The molecule has 0 saturated carbocycles. The Hall–Kier alpha value is -1.32. The molecule has 1 aromatic carbocycles. The van der Waals surface area contributed by atoms with Gasteiger partial charge in [0.05, 0.1) is 16.1 Å². The lowest BCUT2D eigenvalue weighted by Gasteiger charge is -2.02. The van der Waals surface area contributed by atoms with Crippen LogP contribution < -0.4 is 0 Å². The molecule has 15 heavy (non-hydrogen) atoms. The van der Waals surface area contributed by atoms with E-state index in [-0.39, 0.29) is 23.0 Å². The van der Waals surface area contributed by atoms with Gasteiger partial charge in [-0.2, -0.15) is 0 Å². The van der Waals surface area contributed by atoms with Crippen molar-refractivity contribution >= 4 is 40.9 Å². The Kier molecular flexibility index (Phi) is 3.50. The molecule has 78 valence electrons. The van der Waals surface area contributed by atoms with Gasteiger partial charge in [-0.3, -0.25) is 4.98 Å². The Balaban J connectivity index is 0.00000112. The number of aromatic carboxylic acids is 1. The molecule has 0 radical (unpaired) electrons. The summed E-state index contributed by atoms with van der Waals surface area (Å²) in [5, 5.41) is 9.70. The predicted molar refractivity (Wildman–Crippen MR) is 61.0 cm³/mol. The predicted octanol–water partition coefficient (Wildman–Crippen LogP) is 3.01. The van der Waals surface area contributed by atoms with Gasteiger partial charge in [0, 0.05) is 11.6 Å². The number of hydrogen-bond acceptors (Lipinski definition) is 2. The van der Waals surface area contributed by atoms with Gasteiger partial charge in [0.2, 0.25) is 0 Å². The van der Waals surface area contributed by atoms with Crippen LogP contribution in [0.3, 0.4) is 0 Å². The molecule has 1 N–H and O–H groups in total. The number of carboxylic acids is 1. The third-order valence-corrected chi connectivity index (χ3v) is 2.35. The zero-order valence-corrected chi connectivity index (χ0v) is 9.05. The Morgan fingerprint density at radius 1 is 1.33 bits per heavy atom. The maximum Gasteiger partial charge on any atom is 0.338 e. The number of fused-ring (bicyclic) bond motifs is 1. The summed E-state index contributed by atoms with van der Waals surface area (Å²) >= 11 is 5.92. The minimum atomic E-state index is -1.06. The number of aromatic nitrogens is 1. The molecule has 0 aliphatic rings. The van der Waals surface area contributed by atoms with E-state index in [0.717, 1.165) is 0 Å². The van der Waals surface area contributed by atoms with E-state index in [1.54, 1.807) is 18.2 Å². The van der Waals surface area contributed by atoms with E-state index in [9.17, 15) is 4.79 Å². The molecule has 0 fully saturated rings. The number of pyridine rings is 1. The lowest BCUT2D eigenvalue weighted by atomic mass is 10.1. The molecule has 0 bridgehead atoms. The molecule has 0 atom stereocenters. The summed E-state index contributed by atoms with van der Waals surface area (Å²) < 4.78 is 0. The first-order valence-electron chi connectivity index (χ1n) is 3.96. The van der Waals surface area contributed by atoms with Gasteiger partial charge in [0.1, 0.15) is 0 Å². The number of para-hydroxylation sites is 1. The van der Waals surface area contributed by atoms with Crippen molar-refractivity contribution in [2.45, 2.75) is 0 Å². The van der Waals surface area contributed by atoms with E-state index < -0.39 is 5.97 Å². The lowest BCUT2D eigenvalue weighted by molar-refractivity contribution is 0.0697. The minimum Gasteiger partial charge on any atom is -0.478 e. The first-order valence-corrected chi connectivity index (χ1v) is 4.34. The van der Waals surface area contributed by atoms with Crippen LogP contribution in [0.25, 0.3) is 10.9 Å². The third kappa shape index (κ3) is 2.03. The molecule has 5 heteroatoms. The van der Waals surface area contributed by atoms with Gasteiger partial charge in [-0.05, 0) is 6.07 Å². The molecule has 0 spiro atoms. The number of rotatable bonds is 1. The highest BCUT2D eigenvalue weighted by Crippen LogP contribution is 2.25. The van der Waals surface area contributed by atoms with Crippen molar-refractivity contribution in [3.05, 3.63) is 41.0 Å². The zero-order chi connectivity index (χ0) is 10.1. The highest BCUT2D eigenvalue weighted by Gasteiger charge is 2.11. The number of nitrogens with zero attached hydrogens (tertiary/aromatic N) is 1. The molecule has 2 aromatic rings. The van der Waals surface area contributed by atoms with Crippen molar-refractivity contribution in [3.8, 4) is 0 Å². The topological polar surface area (TPSA) is 50.2 Å². The maximum atomic E-state index is 10.7. The summed E-state index contributed by atoms with van der Waals surface area (Å²) in [6.07, 6.45) is 1.27. The van der Waals surface area contributed by atoms with Gasteiger partial charge in [-0.1, -0.05) is 29.8 Å². The van der Waals surface area contributed by atoms with Crippen LogP contribution in [0.2, 0.25) is 5.02 Å². The van der Waals surface area contributed by atoms with Gasteiger partial charge in [0.15, 0.2) is 0 Å². The van der Waals surface area contributed by atoms with Crippen LogP contribution in [0.4, 0.5) is 0 Å². The monoisotopic (exact) mass is 243 g/mol. The summed E-state index contributed by atoms with van der Waals surface area (Å²) in [6.45, 7) is 0. The number of carboxylic acid groups (broad SMARTS) is 1. The third-order valence-electron chi connectivity index (χ3n) is 1.94. The molecule has 1 heterocycles. The van der Waals surface area contributed by atoms with E-state index in [1.807, 2.05) is 6.07 Å². The fourth-order valence-electron chi connectivity index (χ4n) is 1.26. The standard InChI is InChI=1S/C10H6ClNO2.ClH/c11-9-6-3-1-2-4-8(6)12-5-7(9)10(13)14;/h1-5H,(H,13,14);1H. The normalized spacial score (nSPS) is 9.67. The van der Waals surface area contributed by atoms with E-state index in [1.165, 1.54) is 6.20 Å². The number of benzene rings is 1. The quantitative estimate of drug-likeness (QED) is 0.838. The van der Waals surface area contributed by atoms with Crippen LogP contribution in [0, 0.1) is 0 Å². The molecule has 0 amide bonds. The average Bonchev–Trinajstić information content (AvgIpc) is 2.18. The Labute approximate surface area is 97.1 Å². The highest BCUT2D eigenvalue weighted by molar-refractivity contribution is 6.38. The molecule has 0 aliphatic heterocycles. The first-order chi connectivity index (χ1) is 6.70. The van der Waals surface area contributed by atoms with Crippen LogP contribution in [0.5, 0.6) is 0 Å². The van der Waals surface area contributed by atoms with Crippen molar-refractivity contribution in [2.75, 3.05) is 0 Å². The maximum absolute atomic E-state index is 10.7. The van der Waals surface area contributed by atoms with Gasteiger partial charge in [-0.25, -0.2) is 4.79 Å². The first kappa shape index (κ1) is 11.8. The van der Waals surface area contributed by atoms with E-state index in [0.29, 0.717) is 10.9 Å². The summed E-state index contributed by atoms with van der Waals surface area (Å²) in [7, 11) is 0. The smallest absolute Gasteiger partial charge is 0.338 e. The van der Waals surface area contributed by atoms with E-state index in [2.05, 4.69) is 4.98 Å². The lowest BCUT2D eigenvalue weighted by Crippen LogP contribution is -1.98. The molecule has 3 nitrogen and oxygen atoms in total. The number of halogens is 2. The van der Waals surface area contributed by atoms with Crippen molar-refractivity contribution < 1.29 is 9.90 Å². The molecule has 0 aliphatic carbocycles. The van der Waals surface area contributed by atoms with Crippen LogP contribution in [0.15, 0.2) is 30.5 Å². The molecule has 0 unspecified atom stereocenters. The van der Waals surface area contributed by atoms with Crippen molar-refractivity contribution in [3.63, 3.8) is 0 Å². The molecular formula is C10H7Cl2NO2. The highest BCUT2D eigenvalue weighted by atomic mass is 35.5. The fourth-order valence-corrected chi connectivity index (χ4v) is 1.55. The molecule has 1 aromatic heterocycles. The zero-order valence-electron chi connectivity index (χ0n) is 7.48. The summed E-state index contributed by atoms with van der Waals surface area (Å²) in [6, 6.07) is 7.15. The fraction of sp³-hybridized carbons (Fsp3) is 0. The summed E-state index contributed by atoms with van der Waals surface area (Å²) in [5.74, 6) is -1.06. The summed E-state index contributed by atoms with van der Waals surface area (Å²) in [5.41, 5.74) is 0.730. The minimum absolute atomic E-state index is 0. The van der Waals surface area contributed by atoms with E-state index >= 15 is 0 Å². The Bertz CT molecular complexity index is 514. The summed E-state index contributed by atoms with van der Waals surface area (Å²) in [4.78, 5) is 14.7. The second kappa shape index (κ2) is 4.47. The second-order valence-electron chi connectivity index (χ2n) is 2.81. The van der Waals surface area contributed by atoms with Crippen LogP contribution in [0.1, 0.15) is 10.4 Å². The molecule has 2 rings (SSSR count). The molecular weight excluding hydrogens is 237 g/mol. The van der Waals surface area contributed by atoms with E-state index in [4.69, 9.17) is 16.7 Å². The molecule has 0 saturated heterocycles. The largest absolute Gasteiger partial charge is 0.478 e. The SMILES string of the molecule is Cl.O=C(O)c1cnc2ccccc2c1Cl. The Morgan fingerprint density at radius 3 is 2.67 bits per heavy atom. The van der Waals surface area contributed by atoms with Gasteiger partial charge >= 0.3 is 5.97 Å². The Morgan fingerprint density at radius 2 is 2.00 bits per heavy atom. The second-order valence-corrected chi connectivity index (χ2v) is 3.19. The average molecular weight is 244 g/mol. The van der Waals surface area contributed by atoms with Crippen LogP contribution in [-0.2, 0) is 0 Å². The van der Waals surface area contributed by atoms with Crippen molar-refractivity contribution in [1.82, 2.24) is 4.98 Å². The van der Waals surface area contributed by atoms with Gasteiger partial charge in [-0.15, -0.1) is 12.4 Å². The van der Waals surface area contributed by atoms with Gasteiger partial charge < -0.3 is 5.11 Å². The van der Waals surface area contributed by atoms with Crippen molar-refractivity contribution in [1.29, 1.82) is 0 Å². The van der Waals surface area contributed by atoms with Crippen LogP contribution >= 0.6 is 24.0 Å². The van der Waals surface area contributed by atoms with Gasteiger partial charge in [0.25, 0.3) is 0 Å². The number of carbonyl (C=O) groups is 1. The van der Waals surface area contributed by atoms with Crippen molar-refractivity contribution in [2.24, 2.45) is 0 Å².